The Hall–Kier alpha value is -3.29. The molecule has 0 spiro atoms. The number of non-ortho nitro benzene ring substituents is 1. The number of nitro groups is 2. The van der Waals surface area contributed by atoms with Crippen molar-refractivity contribution in [1.82, 2.24) is 0 Å². The van der Waals surface area contributed by atoms with Crippen LogP contribution in [0.15, 0.2) is 59.8 Å². The highest BCUT2D eigenvalue weighted by Gasteiger charge is 2.45. The fraction of sp³-hybridized carbons (Fsp3) is 0.133. The van der Waals surface area contributed by atoms with Gasteiger partial charge in [-0.1, -0.05) is 35.5 Å². The van der Waals surface area contributed by atoms with Crippen LogP contribution in [-0.2, 0) is 4.84 Å². The lowest BCUT2D eigenvalue weighted by Gasteiger charge is -2.12. The zero-order valence-corrected chi connectivity index (χ0v) is 11.7. The lowest BCUT2D eigenvalue weighted by atomic mass is 9.95. The third-order valence-corrected chi connectivity index (χ3v) is 3.56. The van der Waals surface area contributed by atoms with Crippen molar-refractivity contribution < 1.29 is 14.7 Å². The Balaban J connectivity index is 1.93. The first-order valence-corrected chi connectivity index (χ1v) is 6.75. The molecular formula is C15H11N3O5. The second-order valence-corrected chi connectivity index (χ2v) is 4.95. The van der Waals surface area contributed by atoms with E-state index in [2.05, 4.69) is 5.16 Å². The summed E-state index contributed by atoms with van der Waals surface area (Å²) in [5.41, 5.74) is 1.13. The number of oxime groups is 1. The number of rotatable bonds is 4. The zero-order valence-electron chi connectivity index (χ0n) is 11.7. The molecule has 0 radical (unpaired) electrons. The molecule has 0 aliphatic carbocycles. The van der Waals surface area contributed by atoms with Crippen molar-refractivity contribution in [3.8, 4) is 0 Å². The fourth-order valence-electron chi connectivity index (χ4n) is 2.44. The van der Waals surface area contributed by atoms with Gasteiger partial charge in [-0.05, 0) is 12.1 Å². The van der Waals surface area contributed by atoms with Gasteiger partial charge in [-0.2, -0.15) is 0 Å². The van der Waals surface area contributed by atoms with Crippen molar-refractivity contribution in [2.75, 3.05) is 0 Å². The molecule has 23 heavy (non-hydrogen) atoms. The molecule has 8 nitrogen and oxygen atoms in total. The molecule has 0 N–H and O–H groups in total. The highest BCUT2D eigenvalue weighted by molar-refractivity contribution is 6.04. The van der Waals surface area contributed by atoms with Crippen LogP contribution in [-0.4, -0.2) is 21.6 Å². The summed E-state index contributed by atoms with van der Waals surface area (Å²) in [6.45, 7) is 0. The van der Waals surface area contributed by atoms with Gasteiger partial charge in [-0.15, -0.1) is 0 Å². The largest absolute Gasteiger partial charge is 0.379 e. The summed E-state index contributed by atoms with van der Waals surface area (Å²) in [6.07, 6.45) is -0.823. The molecule has 1 aliphatic heterocycles. The van der Waals surface area contributed by atoms with Crippen molar-refractivity contribution in [2.45, 2.75) is 12.1 Å². The number of nitro benzene ring substituents is 1. The van der Waals surface area contributed by atoms with E-state index in [1.807, 2.05) is 0 Å². The van der Waals surface area contributed by atoms with Gasteiger partial charge in [0.05, 0.1) is 4.92 Å². The first-order chi connectivity index (χ1) is 11.1. The molecule has 2 aromatic rings. The molecular weight excluding hydrogens is 302 g/mol. The third kappa shape index (κ3) is 2.73. The molecule has 0 aromatic heterocycles. The molecule has 0 unspecified atom stereocenters. The van der Waals surface area contributed by atoms with Gasteiger partial charge in [0.25, 0.3) is 5.69 Å². The molecule has 0 fully saturated rings. The van der Waals surface area contributed by atoms with Crippen molar-refractivity contribution >= 4 is 11.4 Å². The minimum absolute atomic E-state index is 0.0921. The Morgan fingerprint density at radius 3 is 2.17 bits per heavy atom. The normalized spacial score (nSPS) is 19.7. The number of hydrogen-bond acceptors (Lipinski definition) is 6. The molecule has 116 valence electrons. The quantitative estimate of drug-likeness (QED) is 0.637. The van der Waals surface area contributed by atoms with Gasteiger partial charge in [-0.25, -0.2) is 0 Å². The van der Waals surface area contributed by atoms with Gasteiger partial charge >= 0.3 is 6.04 Å². The van der Waals surface area contributed by atoms with E-state index in [0.717, 1.165) is 0 Å². The lowest BCUT2D eigenvalue weighted by molar-refractivity contribution is -0.512. The first-order valence-electron chi connectivity index (χ1n) is 6.75. The van der Waals surface area contributed by atoms with E-state index in [1.165, 1.54) is 24.3 Å². The summed E-state index contributed by atoms with van der Waals surface area (Å²) in [6, 6.07) is 13.1. The van der Waals surface area contributed by atoms with Crippen molar-refractivity contribution in [1.29, 1.82) is 0 Å². The summed E-state index contributed by atoms with van der Waals surface area (Å²) in [5.74, 6) is 0. The molecule has 0 saturated carbocycles. The van der Waals surface area contributed by atoms with E-state index in [0.29, 0.717) is 11.1 Å². The Bertz CT molecular complexity index is 773. The smallest absolute Gasteiger partial charge is 0.301 e. The van der Waals surface area contributed by atoms with Gasteiger partial charge in [0, 0.05) is 28.2 Å². The van der Waals surface area contributed by atoms with Crippen LogP contribution in [0.1, 0.15) is 17.2 Å². The lowest BCUT2D eigenvalue weighted by Crippen LogP contribution is -2.32. The van der Waals surface area contributed by atoms with E-state index >= 15 is 0 Å². The van der Waals surface area contributed by atoms with Gasteiger partial charge in [0.1, 0.15) is 0 Å². The average Bonchev–Trinajstić information content (AvgIpc) is 3.01. The molecule has 2 aromatic carbocycles. The topological polar surface area (TPSA) is 108 Å². The molecule has 3 rings (SSSR count). The van der Waals surface area contributed by atoms with Crippen LogP contribution in [0.25, 0.3) is 0 Å². The Morgan fingerprint density at radius 2 is 1.61 bits per heavy atom. The summed E-state index contributed by atoms with van der Waals surface area (Å²) in [5, 5.41) is 26.0. The van der Waals surface area contributed by atoms with Crippen LogP contribution >= 0.6 is 0 Å². The van der Waals surface area contributed by atoms with Crippen LogP contribution in [0.2, 0.25) is 0 Å². The van der Waals surface area contributed by atoms with Crippen molar-refractivity contribution in [3.05, 3.63) is 86.0 Å². The first kappa shape index (κ1) is 14.6. The van der Waals surface area contributed by atoms with Crippen molar-refractivity contribution in [3.63, 3.8) is 0 Å². The Kier molecular flexibility index (Phi) is 3.71. The average molecular weight is 313 g/mol. The SMILES string of the molecule is O=[N+]([O-])c1ccc(C2=NO[C@@H](c3ccccc3)[C@@H]2[N+](=O)[O-])cc1. The van der Waals surface area contributed by atoms with Gasteiger partial charge in [0.2, 0.25) is 6.10 Å². The monoisotopic (exact) mass is 313 g/mol. The maximum absolute atomic E-state index is 11.5. The van der Waals surface area contributed by atoms with E-state index in [-0.39, 0.29) is 11.4 Å². The second kappa shape index (κ2) is 5.84. The maximum Gasteiger partial charge on any atom is 0.301 e. The predicted octanol–water partition coefficient (Wildman–Crippen LogP) is 2.72. The van der Waals surface area contributed by atoms with E-state index in [4.69, 9.17) is 4.84 Å². The van der Waals surface area contributed by atoms with Crippen LogP contribution in [0.5, 0.6) is 0 Å². The van der Waals surface area contributed by atoms with Crippen LogP contribution in [0.4, 0.5) is 5.69 Å². The summed E-state index contributed by atoms with van der Waals surface area (Å²) in [4.78, 5) is 26.4. The summed E-state index contributed by atoms with van der Waals surface area (Å²) < 4.78 is 0. The summed E-state index contributed by atoms with van der Waals surface area (Å²) in [7, 11) is 0. The van der Waals surface area contributed by atoms with Crippen molar-refractivity contribution in [2.24, 2.45) is 5.16 Å². The molecule has 0 bridgehead atoms. The second-order valence-electron chi connectivity index (χ2n) is 4.95. The van der Waals surface area contributed by atoms with Crippen LogP contribution in [0.3, 0.4) is 0 Å². The Labute approximate surface area is 130 Å². The molecule has 0 saturated heterocycles. The number of nitrogens with zero attached hydrogens (tertiary/aromatic N) is 3. The fourth-order valence-corrected chi connectivity index (χ4v) is 2.44. The predicted molar refractivity (Wildman–Crippen MR) is 80.7 cm³/mol. The molecule has 2 atom stereocenters. The van der Waals surface area contributed by atoms with Gasteiger partial charge in [0.15, 0.2) is 5.71 Å². The summed E-state index contributed by atoms with van der Waals surface area (Å²) >= 11 is 0. The van der Waals surface area contributed by atoms with Gasteiger partial charge in [-0.3, -0.25) is 20.2 Å². The van der Waals surface area contributed by atoms with Gasteiger partial charge < -0.3 is 4.84 Å². The number of benzene rings is 2. The Morgan fingerprint density at radius 1 is 0.957 bits per heavy atom. The molecule has 0 amide bonds. The van der Waals surface area contributed by atoms with E-state index < -0.39 is 22.0 Å². The minimum Gasteiger partial charge on any atom is -0.379 e. The number of hydrogen-bond donors (Lipinski definition) is 0. The highest BCUT2D eigenvalue weighted by atomic mass is 16.7. The molecule has 1 heterocycles. The highest BCUT2D eigenvalue weighted by Crippen LogP contribution is 2.32. The maximum atomic E-state index is 11.5. The van der Waals surface area contributed by atoms with Crippen LogP contribution in [0, 0.1) is 20.2 Å². The van der Waals surface area contributed by atoms with E-state index in [1.54, 1.807) is 30.3 Å². The zero-order chi connectivity index (χ0) is 16.4. The molecule has 1 aliphatic rings. The standard InChI is InChI=1S/C15H11N3O5/c19-17(20)12-8-6-10(7-9-12)13-14(18(21)22)15(23-16-13)11-4-2-1-3-5-11/h1-9,14-15H/t14-,15+/m1/s1. The third-order valence-electron chi connectivity index (χ3n) is 3.56. The van der Waals surface area contributed by atoms with E-state index in [9.17, 15) is 20.2 Å². The van der Waals surface area contributed by atoms with Crippen LogP contribution < -0.4 is 0 Å². The minimum atomic E-state index is -1.17. The molecule has 8 heteroatoms.